The van der Waals surface area contributed by atoms with Crippen LogP contribution >= 0.6 is 11.9 Å². The lowest BCUT2D eigenvalue weighted by Crippen LogP contribution is -2.34. The predicted octanol–water partition coefficient (Wildman–Crippen LogP) is 5.85. The quantitative estimate of drug-likeness (QED) is 0.374. The standard InChI is InChI=1S/C25H35N5S/c1-3-23(29-28-18-20(2)10-11-24-8-4-5-14-27-24)19-30-15-12-21(13-16-30)22-7-6-9-25(17-22)31-26/h3-9,14,17,20-21H,10-13,15-16,18-19,26H2,1-2H3/b23-3-,29-28-. The van der Waals surface area contributed by atoms with Gasteiger partial charge in [0.25, 0.3) is 0 Å². The van der Waals surface area contributed by atoms with Crippen LogP contribution in [0.3, 0.4) is 0 Å². The van der Waals surface area contributed by atoms with E-state index in [2.05, 4.69) is 70.4 Å². The number of nitrogens with two attached hydrogens (primary N) is 1. The highest BCUT2D eigenvalue weighted by molar-refractivity contribution is 7.97. The van der Waals surface area contributed by atoms with Crippen LogP contribution in [0.2, 0.25) is 0 Å². The third kappa shape index (κ3) is 7.87. The Balaban J connectivity index is 1.40. The maximum atomic E-state index is 5.72. The first-order valence-electron chi connectivity index (χ1n) is 11.3. The highest BCUT2D eigenvalue weighted by atomic mass is 32.2. The molecule has 1 aliphatic heterocycles. The van der Waals surface area contributed by atoms with E-state index in [4.69, 9.17) is 5.14 Å². The number of allylic oxidation sites excluding steroid dienone is 1. The van der Waals surface area contributed by atoms with Gasteiger partial charge in [0.2, 0.25) is 0 Å². The number of aryl methyl sites for hydroxylation is 1. The Morgan fingerprint density at radius 1 is 1.26 bits per heavy atom. The van der Waals surface area contributed by atoms with Crippen LogP contribution < -0.4 is 5.14 Å². The minimum Gasteiger partial charge on any atom is -0.297 e. The highest BCUT2D eigenvalue weighted by Gasteiger charge is 2.21. The van der Waals surface area contributed by atoms with Crippen LogP contribution in [-0.2, 0) is 6.42 Å². The molecule has 0 saturated carbocycles. The molecule has 1 fully saturated rings. The van der Waals surface area contributed by atoms with Gasteiger partial charge in [0, 0.05) is 23.3 Å². The molecule has 1 unspecified atom stereocenters. The molecule has 1 atom stereocenters. The molecule has 2 heterocycles. The summed E-state index contributed by atoms with van der Waals surface area (Å²) in [5.74, 6) is 1.13. The largest absolute Gasteiger partial charge is 0.297 e. The maximum absolute atomic E-state index is 5.72. The lowest BCUT2D eigenvalue weighted by atomic mass is 9.89. The van der Waals surface area contributed by atoms with Gasteiger partial charge in [0.05, 0.1) is 12.2 Å². The summed E-state index contributed by atoms with van der Waals surface area (Å²) in [7, 11) is 0. The molecule has 0 aliphatic carbocycles. The summed E-state index contributed by atoms with van der Waals surface area (Å²) in [4.78, 5) is 8.04. The van der Waals surface area contributed by atoms with Gasteiger partial charge in [-0.3, -0.25) is 15.0 Å². The zero-order valence-electron chi connectivity index (χ0n) is 18.8. The summed E-state index contributed by atoms with van der Waals surface area (Å²) in [6, 6.07) is 14.8. The summed E-state index contributed by atoms with van der Waals surface area (Å²) in [5.41, 5.74) is 3.63. The molecule has 0 spiro atoms. The van der Waals surface area contributed by atoms with Gasteiger partial charge in [0.1, 0.15) is 0 Å². The Hall–Kier alpha value is -2.02. The summed E-state index contributed by atoms with van der Waals surface area (Å²) >= 11 is 1.33. The average Bonchev–Trinajstić information content (AvgIpc) is 2.83. The Kier molecular flexibility index (Phi) is 9.72. The molecule has 0 radical (unpaired) electrons. The summed E-state index contributed by atoms with van der Waals surface area (Å²) in [6.07, 6.45) is 8.39. The number of nitrogens with zero attached hydrogens (tertiary/aromatic N) is 4. The van der Waals surface area contributed by atoms with Crippen LogP contribution in [0.15, 0.2) is 75.6 Å². The molecule has 166 valence electrons. The van der Waals surface area contributed by atoms with E-state index in [0.717, 1.165) is 55.3 Å². The van der Waals surface area contributed by atoms with Crippen molar-refractivity contribution in [3.8, 4) is 0 Å². The Morgan fingerprint density at radius 3 is 2.81 bits per heavy atom. The second-order valence-electron chi connectivity index (χ2n) is 8.41. The third-order valence-electron chi connectivity index (χ3n) is 5.98. The average molecular weight is 438 g/mol. The van der Waals surface area contributed by atoms with Crippen LogP contribution in [0.4, 0.5) is 0 Å². The van der Waals surface area contributed by atoms with Crippen LogP contribution in [0, 0.1) is 5.92 Å². The van der Waals surface area contributed by atoms with Crippen molar-refractivity contribution in [2.24, 2.45) is 21.3 Å². The van der Waals surface area contributed by atoms with Gasteiger partial charge in [0.15, 0.2) is 0 Å². The molecule has 2 aromatic rings. The van der Waals surface area contributed by atoms with Gasteiger partial charge in [-0.05, 0) is 99.3 Å². The first-order chi connectivity index (χ1) is 15.2. The SMILES string of the molecule is C/C=C(CN1CCC(c2cccc(SN)c2)CC1)\N=N/CC(C)CCc1ccccn1. The number of hydrogen-bond donors (Lipinski definition) is 1. The number of aromatic nitrogens is 1. The fraction of sp³-hybridized carbons (Fsp3) is 0.480. The van der Waals surface area contributed by atoms with Crippen molar-refractivity contribution in [1.29, 1.82) is 0 Å². The molecular formula is C25H35N5S. The van der Waals surface area contributed by atoms with Crippen LogP contribution in [0.5, 0.6) is 0 Å². The zero-order valence-corrected chi connectivity index (χ0v) is 19.6. The Labute approximate surface area is 191 Å². The number of azo groups is 1. The lowest BCUT2D eigenvalue weighted by molar-refractivity contribution is 0.227. The summed E-state index contributed by atoms with van der Waals surface area (Å²) in [5, 5.41) is 14.8. The van der Waals surface area contributed by atoms with Crippen LogP contribution in [-0.4, -0.2) is 36.1 Å². The zero-order chi connectivity index (χ0) is 21.9. The van der Waals surface area contributed by atoms with E-state index < -0.39 is 0 Å². The minimum atomic E-state index is 0.502. The van der Waals surface area contributed by atoms with Gasteiger partial charge in [-0.25, -0.2) is 0 Å². The molecule has 1 aromatic heterocycles. The van der Waals surface area contributed by atoms with Crippen molar-refractivity contribution in [3.05, 3.63) is 71.7 Å². The molecule has 1 aliphatic rings. The second-order valence-corrected chi connectivity index (χ2v) is 9.12. The molecule has 0 bridgehead atoms. The van der Waals surface area contributed by atoms with Crippen molar-refractivity contribution in [2.45, 2.75) is 50.3 Å². The number of piperidine rings is 1. The molecule has 3 rings (SSSR count). The minimum absolute atomic E-state index is 0.502. The topological polar surface area (TPSA) is 66.9 Å². The molecule has 2 N–H and O–H groups in total. The van der Waals surface area contributed by atoms with Gasteiger partial charge in [-0.15, -0.1) is 0 Å². The van der Waals surface area contributed by atoms with Gasteiger partial charge >= 0.3 is 0 Å². The number of benzene rings is 1. The molecule has 5 nitrogen and oxygen atoms in total. The summed E-state index contributed by atoms with van der Waals surface area (Å²) < 4.78 is 0. The Bertz CT molecular complexity index is 844. The van der Waals surface area contributed by atoms with E-state index in [0.29, 0.717) is 11.8 Å². The van der Waals surface area contributed by atoms with Crippen molar-refractivity contribution < 1.29 is 0 Å². The maximum Gasteiger partial charge on any atom is 0.0723 e. The monoisotopic (exact) mass is 437 g/mol. The van der Waals surface area contributed by atoms with Gasteiger partial charge < -0.3 is 0 Å². The predicted molar refractivity (Wildman–Crippen MR) is 130 cm³/mol. The molecule has 1 aromatic carbocycles. The van der Waals surface area contributed by atoms with Crippen molar-refractivity contribution >= 4 is 11.9 Å². The fourth-order valence-corrected chi connectivity index (χ4v) is 4.34. The van der Waals surface area contributed by atoms with E-state index in [-0.39, 0.29) is 0 Å². The lowest BCUT2D eigenvalue weighted by Gasteiger charge is -2.32. The molecule has 0 amide bonds. The van der Waals surface area contributed by atoms with Crippen molar-refractivity contribution in [3.63, 3.8) is 0 Å². The van der Waals surface area contributed by atoms with E-state index in [1.807, 2.05) is 18.3 Å². The third-order valence-corrected chi connectivity index (χ3v) is 6.51. The van der Waals surface area contributed by atoms with Crippen molar-refractivity contribution in [2.75, 3.05) is 26.2 Å². The second kappa shape index (κ2) is 12.7. The first-order valence-corrected chi connectivity index (χ1v) is 12.2. The molecule has 6 heteroatoms. The van der Waals surface area contributed by atoms with E-state index in [9.17, 15) is 0 Å². The van der Waals surface area contributed by atoms with E-state index in [1.165, 1.54) is 30.4 Å². The van der Waals surface area contributed by atoms with Crippen LogP contribution in [0.25, 0.3) is 0 Å². The smallest absolute Gasteiger partial charge is 0.0723 e. The van der Waals surface area contributed by atoms with Gasteiger partial charge in [-0.2, -0.15) is 10.2 Å². The normalized spacial score (nSPS) is 17.3. The van der Waals surface area contributed by atoms with Crippen molar-refractivity contribution in [1.82, 2.24) is 9.88 Å². The van der Waals surface area contributed by atoms with Crippen LogP contribution in [0.1, 0.15) is 50.3 Å². The van der Waals surface area contributed by atoms with Gasteiger partial charge in [-0.1, -0.05) is 31.2 Å². The number of hydrogen-bond acceptors (Lipinski definition) is 6. The van der Waals surface area contributed by atoms with E-state index in [1.54, 1.807) is 0 Å². The number of rotatable bonds is 10. The number of likely N-dealkylation sites (tertiary alicyclic amines) is 1. The Morgan fingerprint density at radius 2 is 2.10 bits per heavy atom. The highest BCUT2D eigenvalue weighted by Crippen LogP contribution is 2.30. The fourth-order valence-electron chi connectivity index (χ4n) is 3.98. The molecule has 1 saturated heterocycles. The molecule has 31 heavy (non-hydrogen) atoms. The first kappa shape index (κ1) is 23.6. The number of pyridine rings is 1. The van der Waals surface area contributed by atoms with E-state index >= 15 is 0 Å². The summed E-state index contributed by atoms with van der Waals surface area (Å²) in [6.45, 7) is 8.13. The molecular weight excluding hydrogens is 402 g/mol.